The maximum Gasteiger partial charge on any atom is 0.258 e. The fraction of sp³-hybridized carbons (Fsp3) is 0.333. The number of hydrogen-bond acceptors (Lipinski definition) is 3. The van der Waals surface area contributed by atoms with Crippen molar-refractivity contribution in [2.45, 2.75) is 32.2 Å². The van der Waals surface area contributed by atoms with Gasteiger partial charge in [-0.25, -0.2) is 0 Å². The molecule has 2 aromatic heterocycles. The average molecular weight is 365 g/mol. The number of ether oxygens (including phenoxy) is 1. The molecule has 1 atom stereocenters. The van der Waals surface area contributed by atoms with Crippen LogP contribution in [-0.4, -0.2) is 22.1 Å². The molecule has 0 saturated carbocycles. The van der Waals surface area contributed by atoms with Crippen LogP contribution in [0.2, 0.25) is 0 Å². The molecule has 6 heteroatoms. The number of nitrogens with one attached hydrogen (secondary N) is 2. The standard InChI is InChI=1S/C21H23N3O3/c1-13-10-18(25)19(11-24(13)2)27-12-20(26)22-17-9-5-7-15-14-6-3-4-8-16(14)23-21(15)17/h3-4,6,8,10-11,17,23H,5,7,9,12H2,1-2H3,(H,22,26)/t17-/m0/s1. The highest BCUT2D eigenvalue weighted by Crippen LogP contribution is 2.34. The number of nitrogens with zero attached hydrogens (tertiary/aromatic N) is 1. The summed E-state index contributed by atoms with van der Waals surface area (Å²) >= 11 is 0. The summed E-state index contributed by atoms with van der Waals surface area (Å²) in [6, 6.07) is 9.67. The van der Waals surface area contributed by atoms with Gasteiger partial charge in [-0.3, -0.25) is 9.59 Å². The van der Waals surface area contributed by atoms with Gasteiger partial charge in [0.15, 0.2) is 12.4 Å². The zero-order chi connectivity index (χ0) is 19.0. The topological polar surface area (TPSA) is 76.1 Å². The number of hydrogen-bond donors (Lipinski definition) is 2. The van der Waals surface area contributed by atoms with Gasteiger partial charge in [0.05, 0.1) is 6.04 Å². The molecular formula is C21H23N3O3. The maximum absolute atomic E-state index is 12.4. The molecule has 1 aromatic carbocycles. The Morgan fingerprint density at radius 3 is 3.04 bits per heavy atom. The van der Waals surface area contributed by atoms with Gasteiger partial charge >= 0.3 is 0 Å². The lowest BCUT2D eigenvalue weighted by Crippen LogP contribution is -2.35. The summed E-state index contributed by atoms with van der Waals surface area (Å²) in [7, 11) is 1.83. The highest BCUT2D eigenvalue weighted by molar-refractivity contribution is 5.85. The van der Waals surface area contributed by atoms with Gasteiger partial charge in [-0.05, 0) is 37.8 Å². The van der Waals surface area contributed by atoms with Crippen molar-refractivity contribution in [2.75, 3.05) is 6.61 Å². The van der Waals surface area contributed by atoms with Crippen LogP contribution in [0.25, 0.3) is 10.9 Å². The number of rotatable bonds is 4. The summed E-state index contributed by atoms with van der Waals surface area (Å²) in [5.41, 5.74) is 4.10. The SMILES string of the molecule is Cc1cc(=O)c(OCC(=O)N[C@H]2CCCc3c2[nH]c2ccccc32)cn1C. The van der Waals surface area contributed by atoms with E-state index in [1.807, 2.05) is 26.1 Å². The molecule has 1 aliphatic rings. The van der Waals surface area contributed by atoms with Crippen LogP contribution in [0, 0.1) is 6.92 Å². The fourth-order valence-electron chi connectivity index (χ4n) is 3.75. The molecule has 3 aromatic rings. The Morgan fingerprint density at radius 2 is 2.19 bits per heavy atom. The molecule has 0 saturated heterocycles. The molecule has 1 aliphatic carbocycles. The summed E-state index contributed by atoms with van der Waals surface area (Å²) in [6.07, 6.45) is 4.54. The number of aromatic amines is 1. The summed E-state index contributed by atoms with van der Waals surface area (Å²) in [4.78, 5) is 27.9. The van der Waals surface area contributed by atoms with Crippen LogP contribution in [-0.2, 0) is 18.3 Å². The maximum atomic E-state index is 12.4. The minimum Gasteiger partial charge on any atom is -0.478 e. The van der Waals surface area contributed by atoms with Crippen molar-refractivity contribution in [1.82, 2.24) is 14.9 Å². The van der Waals surface area contributed by atoms with E-state index >= 15 is 0 Å². The number of para-hydroxylation sites is 1. The number of carbonyl (C=O) groups excluding carboxylic acids is 1. The number of amides is 1. The first-order valence-electron chi connectivity index (χ1n) is 9.22. The molecule has 140 valence electrons. The average Bonchev–Trinajstić information content (AvgIpc) is 3.03. The van der Waals surface area contributed by atoms with E-state index in [1.54, 1.807) is 10.8 Å². The molecule has 0 bridgehead atoms. The van der Waals surface area contributed by atoms with Crippen molar-refractivity contribution in [3.05, 3.63) is 63.7 Å². The van der Waals surface area contributed by atoms with Crippen molar-refractivity contribution in [1.29, 1.82) is 0 Å². The number of aromatic nitrogens is 2. The molecule has 4 rings (SSSR count). The molecule has 0 fully saturated rings. The third-order valence-electron chi connectivity index (χ3n) is 5.26. The van der Waals surface area contributed by atoms with Crippen LogP contribution in [0.4, 0.5) is 0 Å². The summed E-state index contributed by atoms with van der Waals surface area (Å²) < 4.78 is 7.27. The first kappa shape index (κ1) is 17.4. The number of aryl methyl sites for hydroxylation is 3. The van der Waals surface area contributed by atoms with Crippen LogP contribution in [0.3, 0.4) is 0 Å². The largest absolute Gasteiger partial charge is 0.478 e. The predicted molar refractivity (Wildman–Crippen MR) is 104 cm³/mol. The van der Waals surface area contributed by atoms with E-state index < -0.39 is 0 Å². The number of fused-ring (bicyclic) bond motifs is 3. The highest BCUT2D eigenvalue weighted by Gasteiger charge is 2.25. The summed E-state index contributed by atoms with van der Waals surface area (Å²) in [5, 5.41) is 4.28. The Morgan fingerprint density at radius 1 is 1.37 bits per heavy atom. The number of H-pyrrole nitrogens is 1. The van der Waals surface area contributed by atoms with E-state index in [9.17, 15) is 9.59 Å². The minimum atomic E-state index is -0.228. The van der Waals surface area contributed by atoms with Crippen molar-refractivity contribution in [2.24, 2.45) is 7.05 Å². The summed E-state index contributed by atoms with van der Waals surface area (Å²) in [6.45, 7) is 1.67. The summed E-state index contributed by atoms with van der Waals surface area (Å²) in [5.74, 6) is -0.0395. The molecule has 0 radical (unpaired) electrons. The van der Waals surface area contributed by atoms with Gasteiger partial charge in [-0.1, -0.05) is 18.2 Å². The number of pyridine rings is 1. The van der Waals surface area contributed by atoms with Crippen LogP contribution >= 0.6 is 0 Å². The quantitative estimate of drug-likeness (QED) is 0.746. The molecule has 27 heavy (non-hydrogen) atoms. The zero-order valence-corrected chi connectivity index (χ0v) is 15.5. The van der Waals surface area contributed by atoms with Crippen LogP contribution in [0.5, 0.6) is 5.75 Å². The molecule has 2 N–H and O–H groups in total. The molecular weight excluding hydrogens is 342 g/mol. The second-order valence-corrected chi connectivity index (χ2v) is 7.12. The fourth-order valence-corrected chi connectivity index (χ4v) is 3.75. The third kappa shape index (κ3) is 3.35. The van der Waals surface area contributed by atoms with Crippen molar-refractivity contribution < 1.29 is 9.53 Å². The van der Waals surface area contributed by atoms with E-state index in [2.05, 4.69) is 22.4 Å². The first-order chi connectivity index (χ1) is 13.0. The first-order valence-corrected chi connectivity index (χ1v) is 9.22. The van der Waals surface area contributed by atoms with Gasteiger partial charge < -0.3 is 19.6 Å². The second kappa shape index (κ2) is 6.95. The van der Waals surface area contributed by atoms with E-state index in [-0.39, 0.29) is 29.7 Å². The lowest BCUT2D eigenvalue weighted by Gasteiger charge is -2.23. The lowest BCUT2D eigenvalue weighted by atomic mass is 9.91. The molecule has 6 nitrogen and oxygen atoms in total. The molecule has 2 heterocycles. The monoisotopic (exact) mass is 365 g/mol. The van der Waals surface area contributed by atoms with Gasteiger partial charge in [0, 0.05) is 41.6 Å². The van der Waals surface area contributed by atoms with Gasteiger partial charge in [0.25, 0.3) is 5.91 Å². The van der Waals surface area contributed by atoms with Crippen LogP contribution < -0.4 is 15.5 Å². The van der Waals surface area contributed by atoms with Gasteiger partial charge in [-0.2, -0.15) is 0 Å². The van der Waals surface area contributed by atoms with Crippen LogP contribution in [0.1, 0.15) is 35.8 Å². The Hall–Kier alpha value is -3.02. The van der Waals surface area contributed by atoms with Crippen molar-refractivity contribution >= 4 is 16.8 Å². The zero-order valence-electron chi connectivity index (χ0n) is 15.5. The Labute approximate surface area is 157 Å². The smallest absolute Gasteiger partial charge is 0.258 e. The highest BCUT2D eigenvalue weighted by atomic mass is 16.5. The van der Waals surface area contributed by atoms with Crippen molar-refractivity contribution in [3.8, 4) is 5.75 Å². The predicted octanol–water partition coefficient (Wildman–Crippen LogP) is 2.75. The lowest BCUT2D eigenvalue weighted by molar-refractivity contribution is -0.124. The van der Waals surface area contributed by atoms with E-state index in [0.29, 0.717) is 0 Å². The normalized spacial score (nSPS) is 16.1. The number of benzene rings is 1. The van der Waals surface area contributed by atoms with Crippen LogP contribution in [0.15, 0.2) is 41.3 Å². The Balaban J connectivity index is 1.47. The van der Waals surface area contributed by atoms with Gasteiger partial charge in [-0.15, -0.1) is 0 Å². The van der Waals surface area contributed by atoms with E-state index in [0.717, 1.165) is 36.2 Å². The van der Waals surface area contributed by atoms with Gasteiger partial charge in [0.1, 0.15) is 0 Å². The molecule has 0 unspecified atom stereocenters. The molecule has 0 aliphatic heterocycles. The van der Waals surface area contributed by atoms with E-state index in [1.165, 1.54) is 17.0 Å². The number of carbonyl (C=O) groups is 1. The minimum absolute atomic E-state index is 0.0573. The molecule has 1 amide bonds. The Bertz CT molecular complexity index is 1060. The third-order valence-corrected chi connectivity index (χ3v) is 5.26. The second-order valence-electron chi connectivity index (χ2n) is 7.12. The van der Waals surface area contributed by atoms with Crippen molar-refractivity contribution in [3.63, 3.8) is 0 Å². The molecule has 0 spiro atoms. The van der Waals surface area contributed by atoms with E-state index in [4.69, 9.17) is 4.74 Å². The Kier molecular flexibility index (Phi) is 4.48. The van der Waals surface area contributed by atoms with Gasteiger partial charge in [0.2, 0.25) is 5.43 Å².